The van der Waals surface area contributed by atoms with Crippen molar-refractivity contribution in [2.24, 2.45) is 7.05 Å². The predicted molar refractivity (Wildman–Crippen MR) is 110 cm³/mol. The van der Waals surface area contributed by atoms with Crippen LogP contribution in [-0.2, 0) is 23.6 Å². The third-order valence-electron chi connectivity index (χ3n) is 5.30. The summed E-state index contributed by atoms with van der Waals surface area (Å²) >= 11 is 0. The van der Waals surface area contributed by atoms with E-state index in [1.54, 1.807) is 17.9 Å². The third-order valence-corrected chi connectivity index (χ3v) is 7.17. The molecule has 3 aromatic rings. The van der Waals surface area contributed by atoms with Gasteiger partial charge in [0.15, 0.2) is 0 Å². The van der Waals surface area contributed by atoms with Gasteiger partial charge >= 0.3 is 0 Å². The molecule has 0 saturated carbocycles. The first-order chi connectivity index (χ1) is 14.0. The number of benzene rings is 1. The van der Waals surface area contributed by atoms with Gasteiger partial charge in [0.2, 0.25) is 10.0 Å². The minimum absolute atomic E-state index is 0.178. The van der Waals surface area contributed by atoms with Gasteiger partial charge in [-0.3, -0.25) is 4.79 Å². The summed E-state index contributed by atoms with van der Waals surface area (Å²) in [5.74, 6) is -0.272. The summed E-state index contributed by atoms with van der Waals surface area (Å²) < 4.78 is 30.5. The van der Waals surface area contributed by atoms with E-state index in [9.17, 15) is 13.2 Å². The van der Waals surface area contributed by atoms with Gasteiger partial charge in [-0.2, -0.15) is 4.31 Å². The summed E-state index contributed by atoms with van der Waals surface area (Å²) in [5, 5.41) is 2.88. The molecule has 4 rings (SSSR count). The monoisotopic (exact) mass is 415 g/mol. The lowest BCUT2D eigenvalue weighted by molar-refractivity contribution is 0.0944. The number of carbonyl (C=O) groups excluding carboxylic acids is 1. The van der Waals surface area contributed by atoms with E-state index in [0.29, 0.717) is 25.3 Å². The average Bonchev–Trinajstić information content (AvgIpc) is 3.45. The molecule has 0 atom stereocenters. The Labute approximate surface area is 170 Å². The number of imidazole rings is 1. The highest BCUT2D eigenvalue weighted by molar-refractivity contribution is 7.89. The van der Waals surface area contributed by atoms with E-state index in [2.05, 4.69) is 14.9 Å². The average molecular weight is 416 g/mol. The van der Waals surface area contributed by atoms with Crippen molar-refractivity contribution in [3.05, 3.63) is 48.5 Å². The Morgan fingerprint density at radius 3 is 2.76 bits per heavy atom. The first kappa shape index (κ1) is 19.7. The van der Waals surface area contributed by atoms with Crippen molar-refractivity contribution in [3.8, 4) is 0 Å². The Balaban J connectivity index is 1.36. The van der Waals surface area contributed by atoms with Gasteiger partial charge in [0.1, 0.15) is 10.6 Å². The zero-order valence-corrected chi connectivity index (χ0v) is 17.2. The SMILES string of the molecule is Cn1cc(S(=O)(=O)N2CCCC2)cc1C(=O)NCCCn1cnc2ccccc21. The number of nitrogens with zero attached hydrogens (tertiary/aromatic N) is 4. The lowest BCUT2D eigenvalue weighted by Gasteiger charge is -2.13. The molecule has 9 heteroatoms. The number of nitrogens with one attached hydrogen (secondary N) is 1. The number of fused-ring (bicyclic) bond motifs is 1. The van der Waals surface area contributed by atoms with Crippen molar-refractivity contribution in [2.45, 2.75) is 30.7 Å². The minimum atomic E-state index is -3.53. The van der Waals surface area contributed by atoms with Crippen LogP contribution < -0.4 is 5.32 Å². The molecule has 1 saturated heterocycles. The molecular weight excluding hydrogens is 390 g/mol. The summed E-state index contributed by atoms with van der Waals surface area (Å²) in [6.45, 7) is 2.32. The zero-order chi connectivity index (χ0) is 20.4. The molecule has 0 bridgehead atoms. The van der Waals surface area contributed by atoms with Crippen molar-refractivity contribution >= 4 is 27.0 Å². The van der Waals surface area contributed by atoms with E-state index in [4.69, 9.17) is 0 Å². The first-order valence-electron chi connectivity index (χ1n) is 9.81. The molecule has 2 aromatic heterocycles. The number of hydrogen-bond donors (Lipinski definition) is 1. The lowest BCUT2D eigenvalue weighted by Crippen LogP contribution is -2.28. The van der Waals surface area contributed by atoms with Crippen molar-refractivity contribution in [1.82, 2.24) is 23.7 Å². The van der Waals surface area contributed by atoms with Gasteiger partial charge in [-0.25, -0.2) is 13.4 Å². The summed E-state index contributed by atoms with van der Waals surface area (Å²) in [4.78, 5) is 17.1. The Morgan fingerprint density at radius 1 is 1.21 bits per heavy atom. The molecule has 0 unspecified atom stereocenters. The van der Waals surface area contributed by atoms with Gasteiger partial charge in [-0.05, 0) is 37.5 Å². The highest BCUT2D eigenvalue weighted by atomic mass is 32.2. The van der Waals surface area contributed by atoms with Crippen LogP contribution in [0.4, 0.5) is 0 Å². The minimum Gasteiger partial charge on any atom is -0.351 e. The van der Waals surface area contributed by atoms with Crippen LogP contribution in [0.5, 0.6) is 0 Å². The van der Waals surface area contributed by atoms with Gasteiger partial charge in [-0.15, -0.1) is 0 Å². The summed E-state index contributed by atoms with van der Waals surface area (Å²) in [6, 6.07) is 9.39. The number of para-hydroxylation sites is 2. The quantitative estimate of drug-likeness (QED) is 0.598. The number of amides is 1. The van der Waals surface area contributed by atoms with Gasteiger partial charge in [0.25, 0.3) is 5.91 Å². The van der Waals surface area contributed by atoms with Crippen LogP contribution in [0.25, 0.3) is 11.0 Å². The maximum atomic E-state index is 12.7. The fourth-order valence-corrected chi connectivity index (χ4v) is 5.30. The number of hydrogen-bond acceptors (Lipinski definition) is 4. The van der Waals surface area contributed by atoms with Crippen LogP contribution in [0.15, 0.2) is 47.8 Å². The third kappa shape index (κ3) is 3.92. The van der Waals surface area contributed by atoms with Crippen molar-refractivity contribution in [3.63, 3.8) is 0 Å². The van der Waals surface area contributed by atoms with E-state index in [-0.39, 0.29) is 10.8 Å². The largest absolute Gasteiger partial charge is 0.351 e. The zero-order valence-electron chi connectivity index (χ0n) is 16.4. The maximum Gasteiger partial charge on any atom is 0.267 e. The highest BCUT2D eigenvalue weighted by Gasteiger charge is 2.29. The number of carbonyl (C=O) groups is 1. The molecule has 1 aliphatic heterocycles. The Morgan fingerprint density at radius 2 is 1.97 bits per heavy atom. The smallest absolute Gasteiger partial charge is 0.267 e. The maximum absolute atomic E-state index is 12.7. The second-order valence-electron chi connectivity index (χ2n) is 7.32. The van der Waals surface area contributed by atoms with Crippen molar-refractivity contribution in [1.29, 1.82) is 0 Å². The number of aryl methyl sites for hydroxylation is 2. The molecule has 1 N–H and O–H groups in total. The van der Waals surface area contributed by atoms with Crippen LogP contribution in [-0.4, -0.2) is 52.4 Å². The van der Waals surface area contributed by atoms with E-state index in [1.165, 1.54) is 16.6 Å². The fraction of sp³-hybridized carbons (Fsp3) is 0.400. The molecule has 0 spiro atoms. The molecule has 1 aromatic carbocycles. The topological polar surface area (TPSA) is 89.2 Å². The van der Waals surface area contributed by atoms with Crippen LogP contribution in [0.2, 0.25) is 0 Å². The standard InChI is InChI=1S/C20H25N5O3S/c1-23-14-16(29(27,28)25-11-4-5-12-25)13-19(23)20(26)21-9-6-10-24-15-22-17-7-2-3-8-18(17)24/h2-3,7-8,13-15H,4-6,9-12H2,1H3,(H,21,26). The van der Waals surface area contributed by atoms with Crippen LogP contribution in [0.1, 0.15) is 29.8 Å². The number of aromatic nitrogens is 3. The van der Waals surface area contributed by atoms with Gasteiger partial charge in [0, 0.05) is 39.4 Å². The van der Waals surface area contributed by atoms with Crippen LogP contribution in [0.3, 0.4) is 0 Å². The number of sulfonamides is 1. The summed E-state index contributed by atoms with van der Waals surface area (Å²) in [5.41, 5.74) is 2.36. The van der Waals surface area contributed by atoms with Crippen LogP contribution >= 0.6 is 0 Å². The molecule has 1 amide bonds. The fourth-order valence-electron chi connectivity index (χ4n) is 3.71. The molecule has 1 aliphatic rings. The normalized spacial score (nSPS) is 15.2. The molecule has 29 heavy (non-hydrogen) atoms. The Bertz CT molecular complexity index is 1130. The summed E-state index contributed by atoms with van der Waals surface area (Å²) in [7, 11) is -1.84. The van der Waals surface area contributed by atoms with Gasteiger partial charge in [0.05, 0.1) is 17.4 Å². The number of rotatable bonds is 7. The van der Waals surface area contributed by atoms with Gasteiger partial charge in [-0.1, -0.05) is 12.1 Å². The second kappa shape index (κ2) is 8.00. The molecule has 0 aliphatic carbocycles. The Hall–Kier alpha value is -2.65. The molecule has 0 radical (unpaired) electrons. The molecule has 3 heterocycles. The van der Waals surface area contributed by atoms with Crippen molar-refractivity contribution < 1.29 is 13.2 Å². The lowest BCUT2D eigenvalue weighted by atomic mass is 10.3. The van der Waals surface area contributed by atoms with E-state index in [0.717, 1.165) is 36.8 Å². The van der Waals surface area contributed by atoms with Gasteiger partial charge < -0.3 is 14.5 Å². The predicted octanol–water partition coefficient (Wildman–Crippen LogP) is 1.98. The first-order valence-corrected chi connectivity index (χ1v) is 11.3. The molecular formula is C20H25N5O3S. The Kier molecular flexibility index (Phi) is 5.42. The summed E-state index contributed by atoms with van der Waals surface area (Å²) in [6.07, 6.45) is 5.83. The molecule has 1 fully saturated rings. The van der Waals surface area contributed by atoms with E-state index in [1.807, 2.05) is 24.3 Å². The molecule has 154 valence electrons. The molecule has 8 nitrogen and oxygen atoms in total. The second-order valence-corrected chi connectivity index (χ2v) is 9.26. The van der Waals surface area contributed by atoms with E-state index < -0.39 is 10.0 Å². The highest BCUT2D eigenvalue weighted by Crippen LogP contribution is 2.22. The van der Waals surface area contributed by atoms with E-state index >= 15 is 0 Å². The van der Waals surface area contributed by atoms with Crippen LogP contribution in [0, 0.1) is 0 Å². The van der Waals surface area contributed by atoms with Crippen molar-refractivity contribution in [2.75, 3.05) is 19.6 Å².